The van der Waals surface area contributed by atoms with Crippen LogP contribution in [-0.4, -0.2) is 31.0 Å². The Morgan fingerprint density at radius 1 is 0.909 bits per heavy atom. The number of halogens is 2. The zero-order chi connectivity index (χ0) is 23.7. The Bertz CT molecular complexity index is 1270. The molecule has 1 aliphatic rings. The van der Waals surface area contributed by atoms with E-state index in [1.807, 2.05) is 0 Å². The van der Waals surface area contributed by atoms with E-state index in [0.717, 1.165) is 17.0 Å². The molecule has 33 heavy (non-hydrogen) atoms. The molecule has 6 nitrogen and oxygen atoms in total. The fraction of sp³-hybridized carbons (Fsp3) is 0.120. The highest BCUT2D eigenvalue weighted by Crippen LogP contribution is 2.43. The monoisotopic (exact) mass is 451 g/mol. The third-order valence-corrected chi connectivity index (χ3v) is 5.40. The molecule has 0 aliphatic carbocycles. The van der Waals surface area contributed by atoms with Crippen molar-refractivity contribution in [1.82, 2.24) is 0 Å². The molecule has 4 rings (SSSR count). The number of ketones is 1. The third-order valence-electron chi connectivity index (χ3n) is 5.40. The summed E-state index contributed by atoms with van der Waals surface area (Å²) in [6.07, 6.45) is 0. The molecular formula is C25H19F2NO5. The van der Waals surface area contributed by atoms with Gasteiger partial charge in [0.1, 0.15) is 17.3 Å². The summed E-state index contributed by atoms with van der Waals surface area (Å²) in [7, 11) is 2.84. The van der Waals surface area contributed by atoms with Gasteiger partial charge in [-0.05, 0) is 35.9 Å². The first kappa shape index (κ1) is 22.0. The summed E-state index contributed by atoms with van der Waals surface area (Å²) in [5, 5.41) is 11.2. The first-order valence-electron chi connectivity index (χ1n) is 9.90. The molecule has 3 aromatic rings. The Morgan fingerprint density at radius 2 is 1.64 bits per heavy atom. The van der Waals surface area contributed by atoms with Gasteiger partial charge < -0.3 is 14.6 Å². The van der Waals surface area contributed by atoms with E-state index >= 15 is 0 Å². The minimum Gasteiger partial charge on any atom is -0.507 e. The minimum absolute atomic E-state index is 0.0264. The summed E-state index contributed by atoms with van der Waals surface area (Å²) in [5.41, 5.74) is 0.384. The van der Waals surface area contributed by atoms with E-state index in [1.54, 1.807) is 42.5 Å². The molecule has 0 radical (unpaired) electrons. The van der Waals surface area contributed by atoms with E-state index in [0.29, 0.717) is 11.3 Å². The predicted molar refractivity (Wildman–Crippen MR) is 117 cm³/mol. The molecule has 0 spiro atoms. The predicted octanol–water partition coefficient (Wildman–Crippen LogP) is 4.61. The van der Waals surface area contributed by atoms with Crippen LogP contribution in [0.2, 0.25) is 0 Å². The molecule has 1 saturated heterocycles. The highest BCUT2D eigenvalue weighted by atomic mass is 19.2. The average molecular weight is 451 g/mol. The van der Waals surface area contributed by atoms with Gasteiger partial charge in [0, 0.05) is 11.8 Å². The van der Waals surface area contributed by atoms with Gasteiger partial charge in [0.2, 0.25) is 0 Å². The van der Waals surface area contributed by atoms with Gasteiger partial charge in [-0.1, -0.05) is 30.3 Å². The summed E-state index contributed by atoms with van der Waals surface area (Å²) < 4.78 is 38.1. The van der Waals surface area contributed by atoms with E-state index in [-0.39, 0.29) is 22.6 Å². The van der Waals surface area contributed by atoms with Crippen molar-refractivity contribution < 1.29 is 33.0 Å². The summed E-state index contributed by atoms with van der Waals surface area (Å²) in [5.74, 6) is -4.07. The van der Waals surface area contributed by atoms with Crippen LogP contribution in [0.1, 0.15) is 17.2 Å². The van der Waals surface area contributed by atoms with Gasteiger partial charge >= 0.3 is 0 Å². The number of carbonyl (C=O) groups excluding carboxylic acids is 2. The summed E-state index contributed by atoms with van der Waals surface area (Å²) in [6.45, 7) is 0. The Morgan fingerprint density at radius 3 is 2.27 bits per heavy atom. The third kappa shape index (κ3) is 3.80. The number of aliphatic hydroxyl groups excluding tert-OH is 1. The maximum absolute atomic E-state index is 14.0. The lowest BCUT2D eigenvalue weighted by Gasteiger charge is -2.25. The number of anilines is 1. The van der Waals surface area contributed by atoms with Gasteiger partial charge in [-0.3, -0.25) is 14.5 Å². The molecule has 1 fully saturated rings. The molecule has 3 aromatic carbocycles. The maximum Gasteiger partial charge on any atom is 0.300 e. The molecule has 1 N–H and O–H groups in total. The Labute approximate surface area is 188 Å². The average Bonchev–Trinajstić information content (AvgIpc) is 3.11. The lowest BCUT2D eigenvalue weighted by molar-refractivity contribution is -0.132. The molecule has 1 unspecified atom stereocenters. The molecule has 168 valence electrons. The lowest BCUT2D eigenvalue weighted by Crippen LogP contribution is -2.29. The number of amides is 1. The van der Waals surface area contributed by atoms with Crippen LogP contribution in [0.15, 0.2) is 72.3 Å². The number of aliphatic hydroxyl groups is 1. The molecule has 8 heteroatoms. The van der Waals surface area contributed by atoms with Crippen LogP contribution in [-0.2, 0) is 9.59 Å². The highest BCUT2D eigenvalue weighted by Gasteiger charge is 2.47. The number of rotatable bonds is 5. The van der Waals surface area contributed by atoms with Gasteiger partial charge in [0.15, 0.2) is 11.6 Å². The van der Waals surface area contributed by atoms with E-state index < -0.39 is 35.1 Å². The van der Waals surface area contributed by atoms with Crippen LogP contribution < -0.4 is 14.4 Å². The normalized spacial score (nSPS) is 17.3. The van der Waals surface area contributed by atoms with Crippen LogP contribution in [0.5, 0.6) is 11.5 Å². The van der Waals surface area contributed by atoms with E-state index in [9.17, 15) is 23.5 Å². The number of methoxy groups -OCH3 is 2. The Balaban J connectivity index is 1.98. The molecule has 1 amide bonds. The number of nitrogens with zero attached hydrogens (tertiary/aromatic N) is 1. The molecule has 1 heterocycles. The van der Waals surface area contributed by atoms with E-state index in [1.165, 1.54) is 26.4 Å². The van der Waals surface area contributed by atoms with Gasteiger partial charge in [0.25, 0.3) is 11.7 Å². The van der Waals surface area contributed by atoms with Crippen molar-refractivity contribution in [2.75, 3.05) is 19.1 Å². The second-order valence-electron chi connectivity index (χ2n) is 7.24. The van der Waals surface area contributed by atoms with Crippen molar-refractivity contribution in [3.8, 4) is 11.5 Å². The summed E-state index contributed by atoms with van der Waals surface area (Å²) in [4.78, 5) is 27.3. The lowest BCUT2D eigenvalue weighted by atomic mass is 9.94. The highest BCUT2D eigenvalue weighted by molar-refractivity contribution is 6.51. The van der Waals surface area contributed by atoms with Crippen LogP contribution in [0, 0.1) is 11.6 Å². The fourth-order valence-electron chi connectivity index (χ4n) is 3.83. The van der Waals surface area contributed by atoms with Gasteiger partial charge in [-0.25, -0.2) is 8.78 Å². The van der Waals surface area contributed by atoms with Crippen LogP contribution in [0.4, 0.5) is 14.5 Å². The second kappa shape index (κ2) is 8.74. The largest absolute Gasteiger partial charge is 0.507 e. The number of carbonyl (C=O) groups is 2. The van der Waals surface area contributed by atoms with E-state index in [2.05, 4.69) is 0 Å². The molecular weight excluding hydrogens is 432 g/mol. The van der Waals surface area contributed by atoms with Crippen molar-refractivity contribution in [1.29, 1.82) is 0 Å². The Kier molecular flexibility index (Phi) is 5.83. The fourth-order valence-corrected chi connectivity index (χ4v) is 3.83. The van der Waals surface area contributed by atoms with Crippen LogP contribution in [0.3, 0.4) is 0 Å². The van der Waals surface area contributed by atoms with Gasteiger partial charge in [-0.15, -0.1) is 0 Å². The minimum atomic E-state index is -1.17. The molecule has 1 atom stereocenters. The number of benzene rings is 3. The first-order valence-corrected chi connectivity index (χ1v) is 9.90. The topological polar surface area (TPSA) is 76.1 Å². The summed E-state index contributed by atoms with van der Waals surface area (Å²) >= 11 is 0. The van der Waals surface area contributed by atoms with E-state index in [4.69, 9.17) is 9.47 Å². The molecule has 0 bridgehead atoms. The SMILES string of the molecule is COc1ccc(OC)c(/C(O)=C2\C(=O)C(=O)N(c3ccc(F)c(F)c3)C2c2ccccc2)c1. The smallest absolute Gasteiger partial charge is 0.300 e. The first-order chi connectivity index (χ1) is 15.9. The number of hydrogen-bond acceptors (Lipinski definition) is 5. The number of ether oxygens (including phenoxy) is 2. The zero-order valence-corrected chi connectivity index (χ0v) is 17.7. The quantitative estimate of drug-likeness (QED) is 0.348. The standard InChI is InChI=1S/C25H19F2NO5/c1-32-16-9-11-20(33-2)17(13-16)23(29)21-22(14-6-4-3-5-7-14)28(25(31)24(21)30)15-8-10-18(26)19(27)12-15/h3-13,22,29H,1-2H3/b23-21+. The van der Waals surface area contributed by atoms with Gasteiger partial charge in [0.05, 0.1) is 31.4 Å². The Hall–Kier alpha value is -4.20. The van der Waals surface area contributed by atoms with Crippen LogP contribution in [0.25, 0.3) is 5.76 Å². The maximum atomic E-state index is 14.0. The van der Waals surface area contributed by atoms with Crippen molar-refractivity contribution in [2.24, 2.45) is 0 Å². The zero-order valence-electron chi connectivity index (χ0n) is 17.7. The number of Topliss-reactive ketones (excluding diaryl/α,β-unsaturated/α-hetero) is 1. The van der Waals surface area contributed by atoms with Crippen LogP contribution >= 0.6 is 0 Å². The summed E-state index contributed by atoms with van der Waals surface area (Å²) in [6, 6.07) is 14.9. The molecule has 0 saturated carbocycles. The van der Waals surface area contributed by atoms with Gasteiger partial charge in [-0.2, -0.15) is 0 Å². The van der Waals surface area contributed by atoms with Crippen molar-refractivity contribution in [3.05, 3.63) is 95.1 Å². The second-order valence-corrected chi connectivity index (χ2v) is 7.24. The van der Waals surface area contributed by atoms with Crippen molar-refractivity contribution in [3.63, 3.8) is 0 Å². The molecule has 1 aliphatic heterocycles. The number of hydrogen-bond donors (Lipinski definition) is 1. The molecule has 0 aromatic heterocycles. The van der Waals surface area contributed by atoms with Crippen molar-refractivity contribution in [2.45, 2.75) is 6.04 Å². The van der Waals surface area contributed by atoms with Crippen molar-refractivity contribution >= 4 is 23.1 Å².